The zero-order valence-electron chi connectivity index (χ0n) is 11.5. The molecule has 0 amide bonds. The number of nitrogens with one attached hydrogen (secondary N) is 1. The number of para-hydroxylation sites is 1. The molecule has 0 radical (unpaired) electrons. The molecule has 0 aromatic heterocycles. The van der Waals surface area contributed by atoms with Gasteiger partial charge in [0.1, 0.15) is 0 Å². The molecule has 1 N–H and O–H groups in total. The normalized spacial score (nSPS) is 20.9. The van der Waals surface area contributed by atoms with Gasteiger partial charge in [0.05, 0.1) is 0 Å². The summed E-state index contributed by atoms with van der Waals surface area (Å²) >= 11 is 1.92. The van der Waals surface area contributed by atoms with Crippen LogP contribution in [0.2, 0.25) is 0 Å². The summed E-state index contributed by atoms with van der Waals surface area (Å²) in [6, 6.07) is 8.65. The molecule has 1 heterocycles. The summed E-state index contributed by atoms with van der Waals surface area (Å²) < 4.78 is 0. The minimum atomic E-state index is 0.795. The van der Waals surface area contributed by atoms with Gasteiger partial charge in [-0.05, 0) is 50.2 Å². The molecule has 3 heteroatoms. The van der Waals surface area contributed by atoms with E-state index >= 15 is 0 Å². The number of nitrogens with zero attached hydrogens (tertiary/aromatic N) is 1. The highest BCUT2D eigenvalue weighted by Gasteiger charge is 2.16. The predicted octanol–water partition coefficient (Wildman–Crippen LogP) is 3.55. The van der Waals surface area contributed by atoms with Gasteiger partial charge in [-0.15, -0.1) is 11.8 Å². The van der Waals surface area contributed by atoms with Crippen molar-refractivity contribution in [3.8, 4) is 0 Å². The Labute approximate surface area is 115 Å². The highest BCUT2D eigenvalue weighted by atomic mass is 32.2. The molecule has 0 spiro atoms. The van der Waals surface area contributed by atoms with Gasteiger partial charge in [-0.3, -0.25) is 0 Å². The van der Waals surface area contributed by atoms with Gasteiger partial charge < -0.3 is 10.2 Å². The van der Waals surface area contributed by atoms with E-state index in [9.17, 15) is 0 Å². The monoisotopic (exact) mass is 264 g/mol. The molecule has 0 aliphatic carbocycles. The first-order chi connectivity index (χ1) is 8.79. The molecule has 2 nitrogen and oxygen atoms in total. The lowest BCUT2D eigenvalue weighted by molar-refractivity contribution is 0.217. The topological polar surface area (TPSA) is 15.3 Å². The molecule has 18 heavy (non-hydrogen) atoms. The lowest BCUT2D eigenvalue weighted by Gasteiger charge is -2.30. The van der Waals surface area contributed by atoms with Crippen LogP contribution < -0.4 is 5.32 Å². The van der Waals surface area contributed by atoms with Gasteiger partial charge in [0, 0.05) is 23.7 Å². The van der Waals surface area contributed by atoms with Gasteiger partial charge >= 0.3 is 0 Å². The molecule has 1 aromatic rings. The molecule has 1 atom stereocenters. The SMILES string of the molecule is CCSc1ccccc1NCC1CCCN(C)C1. The quantitative estimate of drug-likeness (QED) is 0.819. The molecule has 0 saturated carbocycles. The number of likely N-dealkylation sites (tertiary alicyclic amines) is 1. The first kappa shape index (κ1) is 13.8. The number of anilines is 1. The van der Waals surface area contributed by atoms with Gasteiger partial charge in [-0.25, -0.2) is 0 Å². The third kappa shape index (κ3) is 3.92. The Balaban J connectivity index is 1.89. The Hall–Kier alpha value is -0.670. The Morgan fingerprint density at radius 2 is 2.22 bits per heavy atom. The lowest BCUT2D eigenvalue weighted by atomic mass is 9.98. The Morgan fingerprint density at radius 1 is 1.39 bits per heavy atom. The molecule has 1 unspecified atom stereocenters. The number of piperidine rings is 1. The summed E-state index contributed by atoms with van der Waals surface area (Å²) in [4.78, 5) is 3.83. The standard InChI is InChI=1S/C15H24N2S/c1-3-18-15-9-5-4-8-14(15)16-11-13-7-6-10-17(2)12-13/h4-5,8-9,13,16H,3,6-7,10-12H2,1-2H3. The largest absolute Gasteiger partial charge is 0.384 e. The minimum absolute atomic E-state index is 0.795. The molecule has 1 fully saturated rings. The number of thioether (sulfide) groups is 1. The fourth-order valence-corrected chi connectivity index (χ4v) is 3.37. The van der Waals surface area contributed by atoms with E-state index in [1.54, 1.807) is 0 Å². The Morgan fingerprint density at radius 3 is 3.00 bits per heavy atom. The van der Waals surface area contributed by atoms with Gasteiger partial charge in [0.2, 0.25) is 0 Å². The van der Waals surface area contributed by atoms with E-state index in [0.29, 0.717) is 0 Å². The van der Waals surface area contributed by atoms with Crippen molar-refractivity contribution in [1.82, 2.24) is 4.90 Å². The van der Waals surface area contributed by atoms with Crippen LogP contribution in [0.15, 0.2) is 29.2 Å². The lowest BCUT2D eigenvalue weighted by Crippen LogP contribution is -2.35. The van der Waals surface area contributed by atoms with Gasteiger partial charge in [-0.2, -0.15) is 0 Å². The van der Waals surface area contributed by atoms with Crippen molar-refractivity contribution < 1.29 is 0 Å². The molecule has 1 aliphatic heterocycles. The molecule has 0 bridgehead atoms. The molecular formula is C15H24N2S. The van der Waals surface area contributed by atoms with Crippen molar-refractivity contribution in [1.29, 1.82) is 0 Å². The van der Waals surface area contributed by atoms with Crippen molar-refractivity contribution in [2.24, 2.45) is 5.92 Å². The van der Waals surface area contributed by atoms with E-state index in [-0.39, 0.29) is 0 Å². The van der Waals surface area contributed by atoms with E-state index in [1.165, 1.54) is 36.5 Å². The highest BCUT2D eigenvalue weighted by molar-refractivity contribution is 7.99. The summed E-state index contributed by atoms with van der Waals surface area (Å²) in [5.41, 5.74) is 1.30. The summed E-state index contributed by atoms with van der Waals surface area (Å²) in [6.07, 6.45) is 2.70. The van der Waals surface area contributed by atoms with E-state index < -0.39 is 0 Å². The molecule has 1 aromatic carbocycles. The van der Waals surface area contributed by atoms with Crippen molar-refractivity contribution >= 4 is 17.4 Å². The fourth-order valence-electron chi connectivity index (χ4n) is 2.59. The third-order valence-electron chi connectivity index (χ3n) is 3.49. The average Bonchev–Trinajstić information content (AvgIpc) is 2.38. The van der Waals surface area contributed by atoms with Crippen LogP contribution in [0.4, 0.5) is 5.69 Å². The minimum Gasteiger partial charge on any atom is -0.384 e. The molecule has 1 aliphatic rings. The van der Waals surface area contributed by atoms with Crippen LogP contribution in [-0.4, -0.2) is 37.3 Å². The second-order valence-electron chi connectivity index (χ2n) is 5.08. The summed E-state index contributed by atoms with van der Waals surface area (Å²) in [6.45, 7) is 5.80. The summed E-state index contributed by atoms with van der Waals surface area (Å²) in [5, 5.41) is 3.64. The predicted molar refractivity (Wildman–Crippen MR) is 81.6 cm³/mol. The van der Waals surface area contributed by atoms with Crippen LogP contribution in [0.3, 0.4) is 0 Å². The maximum atomic E-state index is 3.64. The number of rotatable bonds is 5. The zero-order chi connectivity index (χ0) is 12.8. The van der Waals surface area contributed by atoms with Gasteiger partial charge in [-0.1, -0.05) is 19.1 Å². The summed E-state index contributed by atoms with van der Waals surface area (Å²) in [7, 11) is 2.23. The van der Waals surface area contributed by atoms with Gasteiger partial charge in [0.15, 0.2) is 0 Å². The van der Waals surface area contributed by atoms with E-state index in [0.717, 1.165) is 18.2 Å². The highest BCUT2D eigenvalue weighted by Crippen LogP contribution is 2.27. The fraction of sp³-hybridized carbons (Fsp3) is 0.600. The average molecular weight is 264 g/mol. The zero-order valence-corrected chi connectivity index (χ0v) is 12.3. The van der Waals surface area contributed by atoms with E-state index in [2.05, 4.69) is 48.5 Å². The van der Waals surface area contributed by atoms with E-state index in [4.69, 9.17) is 0 Å². The molecule has 1 saturated heterocycles. The first-order valence-corrected chi connectivity index (χ1v) is 7.92. The van der Waals surface area contributed by atoms with Crippen LogP contribution in [0.25, 0.3) is 0 Å². The maximum absolute atomic E-state index is 3.64. The third-order valence-corrected chi connectivity index (χ3v) is 4.45. The van der Waals surface area contributed by atoms with Crippen LogP contribution in [0.1, 0.15) is 19.8 Å². The number of benzene rings is 1. The van der Waals surface area contributed by atoms with Crippen LogP contribution in [0.5, 0.6) is 0 Å². The molecule has 100 valence electrons. The number of hydrogen-bond donors (Lipinski definition) is 1. The molecular weight excluding hydrogens is 240 g/mol. The smallest absolute Gasteiger partial charge is 0.0478 e. The number of hydrogen-bond acceptors (Lipinski definition) is 3. The Kier molecular flexibility index (Phi) is 5.39. The maximum Gasteiger partial charge on any atom is 0.0478 e. The van der Waals surface area contributed by atoms with Crippen LogP contribution in [0, 0.1) is 5.92 Å². The van der Waals surface area contributed by atoms with Crippen molar-refractivity contribution in [3.05, 3.63) is 24.3 Å². The van der Waals surface area contributed by atoms with Crippen molar-refractivity contribution in [2.75, 3.05) is 37.8 Å². The van der Waals surface area contributed by atoms with Gasteiger partial charge in [0.25, 0.3) is 0 Å². The molecule has 2 rings (SSSR count). The second kappa shape index (κ2) is 7.05. The van der Waals surface area contributed by atoms with E-state index in [1.807, 2.05) is 11.8 Å². The van der Waals surface area contributed by atoms with Crippen molar-refractivity contribution in [2.45, 2.75) is 24.7 Å². The first-order valence-electron chi connectivity index (χ1n) is 6.94. The van der Waals surface area contributed by atoms with Crippen LogP contribution in [-0.2, 0) is 0 Å². The summed E-state index contributed by atoms with van der Waals surface area (Å²) in [5.74, 6) is 1.92. The Bertz CT molecular complexity index is 367. The second-order valence-corrected chi connectivity index (χ2v) is 6.39. The van der Waals surface area contributed by atoms with Crippen LogP contribution >= 0.6 is 11.8 Å². The van der Waals surface area contributed by atoms with Crippen molar-refractivity contribution in [3.63, 3.8) is 0 Å².